The predicted molar refractivity (Wildman–Crippen MR) is 128 cm³/mol. The number of rotatable bonds is 4. The number of piperazine rings is 1. The molecule has 1 aliphatic rings. The number of nitrogens with zero attached hydrogens (tertiary/aromatic N) is 6. The quantitative estimate of drug-likeness (QED) is 0.483. The zero-order chi connectivity index (χ0) is 22.2. The van der Waals surface area contributed by atoms with Crippen LogP contribution in [0.25, 0.3) is 16.8 Å². The van der Waals surface area contributed by atoms with Gasteiger partial charge in [0.05, 0.1) is 39.8 Å². The smallest absolute Gasteiger partial charge is 0.153 e. The highest BCUT2D eigenvalue weighted by molar-refractivity contribution is 6.43. The first kappa shape index (κ1) is 21.0. The molecular formula is C23H22Cl2N6O. The normalized spacial score (nSPS) is 14.4. The molecule has 32 heavy (non-hydrogen) atoms. The highest BCUT2D eigenvalue weighted by Crippen LogP contribution is 2.35. The van der Waals surface area contributed by atoms with E-state index in [1.165, 1.54) is 0 Å². The minimum atomic E-state index is -0.206. The minimum absolute atomic E-state index is 0.206. The molecule has 0 spiro atoms. The molecule has 5 rings (SSSR count). The van der Waals surface area contributed by atoms with Crippen molar-refractivity contribution in [3.8, 4) is 11.3 Å². The number of aliphatic hydroxyl groups excluding tert-OH is 1. The zero-order valence-corrected chi connectivity index (χ0v) is 19.1. The largest absolute Gasteiger partial charge is 0.390 e. The molecule has 0 saturated carbocycles. The van der Waals surface area contributed by atoms with E-state index >= 15 is 0 Å². The third-order valence-corrected chi connectivity index (χ3v) is 6.63. The van der Waals surface area contributed by atoms with Gasteiger partial charge in [-0.2, -0.15) is 0 Å². The van der Waals surface area contributed by atoms with Gasteiger partial charge in [-0.1, -0.05) is 41.4 Å². The number of fused-ring (bicyclic) bond motifs is 1. The second kappa shape index (κ2) is 8.58. The monoisotopic (exact) mass is 468 g/mol. The van der Waals surface area contributed by atoms with E-state index in [9.17, 15) is 5.11 Å². The summed E-state index contributed by atoms with van der Waals surface area (Å²) in [7, 11) is 0. The number of aromatic nitrogens is 4. The second-order valence-corrected chi connectivity index (χ2v) is 8.52. The molecule has 1 fully saturated rings. The molecule has 0 radical (unpaired) electrons. The van der Waals surface area contributed by atoms with Gasteiger partial charge in [0.25, 0.3) is 0 Å². The highest BCUT2D eigenvalue weighted by Gasteiger charge is 2.24. The summed E-state index contributed by atoms with van der Waals surface area (Å²) in [5.74, 6) is 1.84. The van der Waals surface area contributed by atoms with Crippen LogP contribution in [0.15, 0.2) is 48.9 Å². The van der Waals surface area contributed by atoms with Crippen LogP contribution in [0.2, 0.25) is 10.0 Å². The van der Waals surface area contributed by atoms with Crippen LogP contribution in [-0.4, -0.2) is 50.6 Å². The van der Waals surface area contributed by atoms with Crippen LogP contribution >= 0.6 is 23.2 Å². The highest BCUT2D eigenvalue weighted by atomic mass is 35.5. The van der Waals surface area contributed by atoms with Crippen molar-refractivity contribution in [1.29, 1.82) is 0 Å². The number of benzene rings is 1. The molecule has 7 nitrogen and oxygen atoms in total. The number of halogens is 2. The lowest BCUT2D eigenvalue weighted by atomic mass is 10.1. The van der Waals surface area contributed by atoms with E-state index in [2.05, 4.69) is 31.3 Å². The Balaban J connectivity index is 1.42. The lowest BCUT2D eigenvalue weighted by Crippen LogP contribution is -2.47. The maximum absolute atomic E-state index is 10.1. The van der Waals surface area contributed by atoms with Crippen molar-refractivity contribution in [2.45, 2.75) is 13.5 Å². The molecule has 1 aromatic carbocycles. The van der Waals surface area contributed by atoms with Gasteiger partial charge in [0.15, 0.2) is 5.82 Å². The number of hydrogen-bond acceptors (Lipinski definition) is 6. The number of imidazole rings is 1. The number of hydrogen-bond donors (Lipinski definition) is 1. The van der Waals surface area contributed by atoms with E-state index in [0.29, 0.717) is 32.8 Å². The molecule has 1 aliphatic heterocycles. The van der Waals surface area contributed by atoms with Gasteiger partial charge in [-0.05, 0) is 25.1 Å². The Bertz CT molecular complexity index is 1280. The van der Waals surface area contributed by atoms with Crippen molar-refractivity contribution < 1.29 is 5.11 Å². The molecule has 0 bridgehead atoms. The molecule has 3 aromatic heterocycles. The zero-order valence-electron chi connectivity index (χ0n) is 17.5. The van der Waals surface area contributed by atoms with E-state index in [1.807, 2.05) is 37.6 Å². The number of aliphatic hydroxyl groups is 1. The molecule has 0 atom stereocenters. The molecule has 0 amide bonds. The van der Waals surface area contributed by atoms with Gasteiger partial charge in [0.1, 0.15) is 17.8 Å². The number of aryl methyl sites for hydroxylation is 1. The van der Waals surface area contributed by atoms with E-state index in [4.69, 9.17) is 33.2 Å². The summed E-state index contributed by atoms with van der Waals surface area (Å²) >= 11 is 12.6. The average molecular weight is 469 g/mol. The van der Waals surface area contributed by atoms with Crippen LogP contribution < -0.4 is 9.80 Å². The van der Waals surface area contributed by atoms with E-state index in [1.54, 1.807) is 6.07 Å². The van der Waals surface area contributed by atoms with Gasteiger partial charge in [0, 0.05) is 31.7 Å². The molecule has 1 saturated heterocycles. The van der Waals surface area contributed by atoms with Gasteiger partial charge in [-0.25, -0.2) is 15.0 Å². The van der Waals surface area contributed by atoms with Crippen LogP contribution in [0.4, 0.5) is 11.6 Å². The molecule has 4 heterocycles. The molecule has 0 aliphatic carbocycles. The first-order chi connectivity index (χ1) is 15.6. The maximum Gasteiger partial charge on any atom is 0.153 e. The van der Waals surface area contributed by atoms with Crippen LogP contribution in [0.5, 0.6) is 0 Å². The molecule has 164 valence electrons. The average Bonchev–Trinajstić information content (AvgIpc) is 3.30. The lowest BCUT2D eigenvalue weighted by molar-refractivity contribution is 0.276. The Morgan fingerprint density at radius 1 is 0.969 bits per heavy atom. The van der Waals surface area contributed by atoms with E-state index < -0.39 is 0 Å². The van der Waals surface area contributed by atoms with Gasteiger partial charge in [-0.3, -0.25) is 4.40 Å². The molecule has 4 aromatic rings. The first-order valence-corrected chi connectivity index (χ1v) is 11.2. The summed E-state index contributed by atoms with van der Waals surface area (Å²) in [6.07, 6.45) is 3.70. The van der Waals surface area contributed by atoms with Crippen molar-refractivity contribution in [2.75, 3.05) is 36.0 Å². The molecular weight excluding hydrogens is 447 g/mol. The van der Waals surface area contributed by atoms with Crippen molar-refractivity contribution >= 4 is 40.4 Å². The Labute approximate surface area is 195 Å². The minimum Gasteiger partial charge on any atom is -0.390 e. The third-order valence-electron chi connectivity index (χ3n) is 5.81. The number of pyridine rings is 1. The van der Waals surface area contributed by atoms with Crippen LogP contribution in [0.3, 0.4) is 0 Å². The third kappa shape index (κ3) is 3.66. The van der Waals surface area contributed by atoms with Gasteiger partial charge in [0.2, 0.25) is 0 Å². The topological polar surface area (TPSA) is 69.8 Å². The SMILES string of the molecule is Cc1nc(N2CCN(c3cccc4cncn34)CC2)c(CO)nc1-c1cccc(Cl)c1Cl. The van der Waals surface area contributed by atoms with Crippen molar-refractivity contribution in [3.05, 3.63) is 70.4 Å². The summed E-state index contributed by atoms with van der Waals surface area (Å²) in [5.41, 5.74) is 3.70. The Hall–Kier alpha value is -2.87. The van der Waals surface area contributed by atoms with Gasteiger partial charge < -0.3 is 14.9 Å². The van der Waals surface area contributed by atoms with Crippen molar-refractivity contribution in [3.63, 3.8) is 0 Å². The summed E-state index contributed by atoms with van der Waals surface area (Å²) < 4.78 is 2.10. The Kier molecular flexibility index (Phi) is 5.63. The van der Waals surface area contributed by atoms with E-state index in [-0.39, 0.29) is 6.61 Å². The fraction of sp³-hybridized carbons (Fsp3) is 0.261. The van der Waals surface area contributed by atoms with Crippen LogP contribution in [0, 0.1) is 6.92 Å². The number of anilines is 2. The van der Waals surface area contributed by atoms with Crippen LogP contribution in [-0.2, 0) is 6.61 Å². The Morgan fingerprint density at radius 3 is 2.50 bits per heavy atom. The summed E-state index contributed by atoms with van der Waals surface area (Å²) in [4.78, 5) is 18.3. The summed E-state index contributed by atoms with van der Waals surface area (Å²) in [6.45, 7) is 4.88. The predicted octanol–water partition coefficient (Wildman–Crippen LogP) is 4.23. The summed E-state index contributed by atoms with van der Waals surface area (Å²) in [6, 6.07) is 11.6. The van der Waals surface area contributed by atoms with Crippen LogP contribution in [0.1, 0.15) is 11.4 Å². The molecule has 1 N–H and O–H groups in total. The Morgan fingerprint density at radius 2 is 1.72 bits per heavy atom. The standard InChI is InChI=1S/C23H22Cl2N6O/c1-15-22(17-5-3-6-18(24)21(17)25)28-19(13-32)23(27-15)30-10-8-29(9-11-30)20-7-2-4-16-12-26-14-31(16)20/h2-7,12,14,32H,8-11,13H2,1H3. The summed E-state index contributed by atoms with van der Waals surface area (Å²) in [5, 5.41) is 10.9. The molecule has 9 heteroatoms. The van der Waals surface area contributed by atoms with Gasteiger partial charge >= 0.3 is 0 Å². The first-order valence-electron chi connectivity index (χ1n) is 10.4. The van der Waals surface area contributed by atoms with E-state index in [0.717, 1.165) is 43.2 Å². The van der Waals surface area contributed by atoms with Crippen molar-refractivity contribution in [2.24, 2.45) is 0 Å². The lowest BCUT2D eigenvalue weighted by Gasteiger charge is -2.37. The second-order valence-electron chi connectivity index (χ2n) is 7.73. The van der Waals surface area contributed by atoms with Crippen molar-refractivity contribution in [1.82, 2.24) is 19.4 Å². The molecule has 0 unspecified atom stereocenters. The van der Waals surface area contributed by atoms with Gasteiger partial charge in [-0.15, -0.1) is 0 Å². The maximum atomic E-state index is 10.1. The fourth-order valence-electron chi connectivity index (χ4n) is 4.18. The fourth-order valence-corrected chi connectivity index (χ4v) is 4.57.